The summed E-state index contributed by atoms with van der Waals surface area (Å²) in [5, 5.41) is 10.2. The number of hydrogen-bond donors (Lipinski definition) is 1. The molecule has 0 heterocycles. The number of ether oxygens (including phenoxy) is 2. The molecule has 208 valence electrons. The van der Waals surface area contributed by atoms with Crippen LogP contribution < -0.4 is 4.74 Å². The summed E-state index contributed by atoms with van der Waals surface area (Å²) < 4.78 is 56.2. The molecular weight excluding hydrogens is 501 g/mol. The fraction of sp³-hybridized carbons (Fsp3) is 0.394. The van der Waals surface area contributed by atoms with Gasteiger partial charge in [-0.2, -0.15) is 0 Å². The Kier molecular flexibility index (Phi) is 10.2. The lowest BCUT2D eigenvalue weighted by atomic mass is 9.82. The van der Waals surface area contributed by atoms with Crippen LogP contribution in [0.1, 0.15) is 80.6 Å². The molecule has 1 atom stereocenters. The molecule has 3 nitrogen and oxygen atoms in total. The molecule has 1 aliphatic rings. The molecule has 0 saturated heterocycles. The number of hydrogen-bond acceptors (Lipinski definition) is 3. The topological polar surface area (TPSA) is 38.7 Å². The van der Waals surface area contributed by atoms with Gasteiger partial charge >= 0.3 is 0 Å². The molecule has 1 fully saturated rings. The fourth-order valence-electron chi connectivity index (χ4n) is 5.17. The SMILES string of the molecule is C=CCCOc1ccc(COC2CCC(c3ccc(-c4ccc(C(O)CCC)cc4)c(F)c3F)CC2)c(F)c1. The molecule has 0 spiro atoms. The van der Waals surface area contributed by atoms with E-state index in [1.165, 1.54) is 6.07 Å². The van der Waals surface area contributed by atoms with E-state index in [4.69, 9.17) is 9.47 Å². The first-order valence-electron chi connectivity index (χ1n) is 13.8. The van der Waals surface area contributed by atoms with Crippen molar-refractivity contribution >= 4 is 0 Å². The Bertz CT molecular complexity index is 1230. The monoisotopic (exact) mass is 538 g/mol. The van der Waals surface area contributed by atoms with E-state index in [-0.39, 0.29) is 30.0 Å². The van der Waals surface area contributed by atoms with Crippen molar-refractivity contribution in [1.82, 2.24) is 0 Å². The number of aliphatic hydroxyl groups excluding tert-OH is 1. The molecule has 0 radical (unpaired) electrons. The van der Waals surface area contributed by atoms with Crippen molar-refractivity contribution in [2.24, 2.45) is 0 Å². The molecule has 0 aliphatic heterocycles. The summed E-state index contributed by atoms with van der Waals surface area (Å²) in [6, 6.07) is 15.1. The summed E-state index contributed by atoms with van der Waals surface area (Å²) in [5.41, 5.74) is 2.41. The van der Waals surface area contributed by atoms with E-state index < -0.39 is 17.7 Å². The van der Waals surface area contributed by atoms with E-state index in [0.29, 0.717) is 67.6 Å². The third kappa shape index (κ3) is 7.31. The molecule has 0 aromatic heterocycles. The zero-order chi connectivity index (χ0) is 27.8. The Morgan fingerprint density at radius 3 is 2.38 bits per heavy atom. The lowest BCUT2D eigenvalue weighted by molar-refractivity contribution is 0.0118. The molecule has 39 heavy (non-hydrogen) atoms. The van der Waals surface area contributed by atoms with E-state index in [9.17, 15) is 9.50 Å². The molecule has 1 saturated carbocycles. The van der Waals surface area contributed by atoms with Crippen LogP contribution in [-0.2, 0) is 11.3 Å². The average Bonchev–Trinajstić information content (AvgIpc) is 2.95. The van der Waals surface area contributed by atoms with Crippen LogP contribution >= 0.6 is 0 Å². The minimum absolute atomic E-state index is 0.0575. The summed E-state index contributed by atoms with van der Waals surface area (Å²) in [5.74, 6) is -1.64. The summed E-state index contributed by atoms with van der Waals surface area (Å²) in [6.45, 7) is 6.24. The average molecular weight is 539 g/mol. The van der Waals surface area contributed by atoms with Crippen molar-refractivity contribution in [3.8, 4) is 16.9 Å². The van der Waals surface area contributed by atoms with E-state index in [2.05, 4.69) is 6.58 Å². The normalized spacial score (nSPS) is 18.1. The van der Waals surface area contributed by atoms with Gasteiger partial charge in [-0.1, -0.05) is 61.9 Å². The van der Waals surface area contributed by atoms with Gasteiger partial charge in [-0.15, -0.1) is 6.58 Å². The van der Waals surface area contributed by atoms with E-state index in [1.807, 2.05) is 6.92 Å². The van der Waals surface area contributed by atoms with Gasteiger partial charge in [0.2, 0.25) is 0 Å². The van der Waals surface area contributed by atoms with E-state index in [1.54, 1.807) is 54.6 Å². The van der Waals surface area contributed by atoms with Gasteiger partial charge in [0.15, 0.2) is 11.6 Å². The molecule has 1 unspecified atom stereocenters. The quantitative estimate of drug-likeness (QED) is 0.185. The fourth-order valence-corrected chi connectivity index (χ4v) is 5.17. The smallest absolute Gasteiger partial charge is 0.166 e. The highest BCUT2D eigenvalue weighted by molar-refractivity contribution is 5.65. The lowest BCUT2D eigenvalue weighted by Gasteiger charge is -2.29. The summed E-state index contributed by atoms with van der Waals surface area (Å²) in [7, 11) is 0. The first-order valence-corrected chi connectivity index (χ1v) is 13.8. The first-order chi connectivity index (χ1) is 18.9. The molecule has 1 aliphatic carbocycles. The van der Waals surface area contributed by atoms with Crippen molar-refractivity contribution in [1.29, 1.82) is 0 Å². The molecule has 0 amide bonds. The third-order valence-electron chi connectivity index (χ3n) is 7.48. The van der Waals surface area contributed by atoms with E-state index in [0.717, 1.165) is 12.0 Å². The van der Waals surface area contributed by atoms with Crippen LogP contribution in [0.15, 0.2) is 67.3 Å². The highest BCUT2D eigenvalue weighted by atomic mass is 19.2. The van der Waals surface area contributed by atoms with Crippen LogP contribution in [0.4, 0.5) is 13.2 Å². The third-order valence-corrected chi connectivity index (χ3v) is 7.48. The summed E-state index contributed by atoms with van der Waals surface area (Å²) in [6.07, 6.45) is 6.06. The lowest BCUT2D eigenvalue weighted by Crippen LogP contribution is -2.21. The molecule has 3 aromatic carbocycles. The van der Waals surface area contributed by atoms with Crippen LogP contribution in [0.3, 0.4) is 0 Å². The standard InChI is InChI=1S/C33H37F3O3/c1-3-5-19-38-27-16-13-25(30(34)20-27)21-39-26-14-11-23(12-15-26)29-18-17-28(32(35)33(29)36)22-7-9-24(10-8-22)31(37)6-4-2/h3,7-10,13,16-18,20,23,26,31,37H,1,4-6,11-12,14-15,19,21H2,2H3. The maximum atomic E-state index is 15.2. The summed E-state index contributed by atoms with van der Waals surface area (Å²) >= 11 is 0. The second kappa shape index (κ2) is 13.8. The highest BCUT2D eigenvalue weighted by Gasteiger charge is 2.27. The maximum absolute atomic E-state index is 15.2. The Hall–Kier alpha value is -3.09. The van der Waals surface area contributed by atoms with Gasteiger partial charge in [0, 0.05) is 17.2 Å². The van der Waals surface area contributed by atoms with Gasteiger partial charge in [-0.05, 0) is 67.2 Å². The molecule has 4 rings (SSSR count). The van der Waals surface area contributed by atoms with Crippen LogP contribution in [0, 0.1) is 17.5 Å². The zero-order valence-corrected chi connectivity index (χ0v) is 22.5. The van der Waals surface area contributed by atoms with Crippen molar-refractivity contribution in [2.45, 2.75) is 76.6 Å². The first kappa shape index (κ1) is 28.9. The Labute approximate surface area is 229 Å². The highest BCUT2D eigenvalue weighted by Crippen LogP contribution is 2.38. The van der Waals surface area contributed by atoms with Crippen LogP contribution in [0.2, 0.25) is 0 Å². The summed E-state index contributed by atoms with van der Waals surface area (Å²) in [4.78, 5) is 0. The van der Waals surface area contributed by atoms with Crippen LogP contribution in [0.5, 0.6) is 5.75 Å². The number of benzene rings is 3. The Morgan fingerprint density at radius 1 is 0.974 bits per heavy atom. The van der Waals surface area contributed by atoms with Crippen LogP contribution in [0.25, 0.3) is 11.1 Å². The maximum Gasteiger partial charge on any atom is 0.166 e. The predicted octanol–water partition coefficient (Wildman–Crippen LogP) is 8.80. The van der Waals surface area contributed by atoms with Gasteiger partial charge in [0.1, 0.15) is 11.6 Å². The second-order valence-electron chi connectivity index (χ2n) is 10.2. The minimum Gasteiger partial charge on any atom is -0.493 e. The molecule has 6 heteroatoms. The number of halogens is 3. The largest absolute Gasteiger partial charge is 0.493 e. The number of rotatable bonds is 12. The van der Waals surface area contributed by atoms with Crippen molar-refractivity contribution in [3.63, 3.8) is 0 Å². The Balaban J connectivity index is 1.32. The molecule has 1 N–H and O–H groups in total. The predicted molar refractivity (Wildman–Crippen MR) is 148 cm³/mol. The zero-order valence-electron chi connectivity index (χ0n) is 22.5. The molecule has 3 aromatic rings. The van der Waals surface area contributed by atoms with E-state index >= 15 is 8.78 Å². The Morgan fingerprint density at radius 2 is 1.72 bits per heavy atom. The van der Waals surface area contributed by atoms with Gasteiger partial charge < -0.3 is 14.6 Å². The molecule has 0 bridgehead atoms. The van der Waals surface area contributed by atoms with Gasteiger partial charge in [0.25, 0.3) is 0 Å². The second-order valence-corrected chi connectivity index (χ2v) is 10.2. The minimum atomic E-state index is -0.847. The van der Waals surface area contributed by atoms with Crippen molar-refractivity contribution < 1.29 is 27.8 Å². The van der Waals surface area contributed by atoms with Gasteiger partial charge in [-0.25, -0.2) is 13.2 Å². The van der Waals surface area contributed by atoms with Gasteiger partial charge in [0.05, 0.1) is 25.4 Å². The van der Waals surface area contributed by atoms with Crippen molar-refractivity contribution in [3.05, 3.63) is 101 Å². The van der Waals surface area contributed by atoms with Gasteiger partial charge in [-0.3, -0.25) is 0 Å². The molecular formula is C33H37F3O3. The van der Waals surface area contributed by atoms with Crippen LogP contribution in [-0.4, -0.2) is 17.8 Å². The number of aliphatic hydroxyl groups is 1. The van der Waals surface area contributed by atoms with Crippen molar-refractivity contribution in [2.75, 3.05) is 6.61 Å².